The maximum absolute atomic E-state index is 12.6. The zero-order valence-corrected chi connectivity index (χ0v) is 16.5. The smallest absolute Gasteiger partial charge is 0.240 e. The predicted molar refractivity (Wildman–Crippen MR) is 109 cm³/mol. The van der Waals surface area contributed by atoms with Crippen molar-refractivity contribution in [3.8, 4) is 5.75 Å². The minimum atomic E-state index is -0.316. The van der Waals surface area contributed by atoms with E-state index in [2.05, 4.69) is 10.3 Å². The third-order valence-electron chi connectivity index (χ3n) is 6.36. The van der Waals surface area contributed by atoms with E-state index >= 15 is 0 Å². The summed E-state index contributed by atoms with van der Waals surface area (Å²) in [5.41, 5.74) is 0.809. The summed E-state index contributed by atoms with van der Waals surface area (Å²) < 4.78 is 5.81. The Kier molecular flexibility index (Phi) is 4.73. The molecule has 2 aliphatic carbocycles. The molecule has 1 aromatic carbocycles. The average Bonchev–Trinajstić information content (AvgIpc) is 3.44. The van der Waals surface area contributed by atoms with Gasteiger partial charge in [-0.1, -0.05) is 30.4 Å². The van der Waals surface area contributed by atoms with E-state index in [1.54, 1.807) is 6.20 Å². The lowest BCUT2D eigenvalue weighted by atomic mass is 9.85. The fourth-order valence-corrected chi connectivity index (χ4v) is 4.99. The quantitative estimate of drug-likeness (QED) is 0.432. The normalized spacial score (nSPS) is 26.5. The minimum absolute atomic E-state index is 0.158. The highest BCUT2D eigenvalue weighted by atomic mass is 16.5. The summed E-state index contributed by atoms with van der Waals surface area (Å²) in [5.74, 6) is -0.194. The van der Waals surface area contributed by atoms with E-state index in [4.69, 9.17) is 4.74 Å². The number of nitrogens with one attached hydrogen (secondary N) is 1. The Labute approximate surface area is 174 Å². The molecule has 1 aliphatic heterocycles. The van der Waals surface area contributed by atoms with Gasteiger partial charge >= 0.3 is 0 Å². The molecule has 2 bridgehead atoms. The van der Waals surface area contributed by atoms with Gasteiger partial charge < -0.3 is 10.1 Å². The molecule has 1 saturated heterocycles. The number of hydrogen-bond acceptors (Lipinski definition) is 5. The number of likely N-dealkylation sites (tertiary alicyclic amines) is 1. The molecule has 3 amide bonds. The molecule has 7 heteroatoms. The van der Waals surface area contributed by atoms with Gasteiger partial charge in [0.2, 0.25) is 17.7 Å². The zero-order valence-electron chi connectivity index (χ0n) is 16.5. The van der Waals surface area contributed by atoms with E-state index in [0.29, 0.717) is 25.3 Å². The first kappa shape index (κ1) is 18.8. The maximum Gasteiger partial charge on any atom is 0.240 e. The Bertz CT molecular complexity index is 1010. The highest BCUT2D eigenvalue weighted by molar-refractivity contribution is 6.08. The van der Waals surface area contributed by atoms with Crippen LogP contribution in [0.2, 0.25) is 0 Å². The number of carbonyl (C=O) groups excluding carboxylic acids is 3. The number of carbonyl (C=O) groups is 3. The van der Waals surface area contributed by atoms with E-state index in [-0.39, 0.29) is 47.9 Å². The summed E-state index contributed by atoms with van der Waals surface area (Å²) in [6.45, 7) is 0.641. The predicted octanol–water partition coefficient (Wildman–Crippen LogP) is 1.93. The van der Waals surface area contributed by atoms with Gasteiger partial charge in [-0.05, 0) is 36.8 Å². The highest BCUT2D eigenvalue weighted by Gasteiger charge is 2.59. The highest BCUT2D eigenvalue weighted by Crippen LogP contribution is 2.52. The zero-order chi connectivity index (χ0) is 20.7. The molecule has 2 heterocycles. The van der Waals surface area contributed by atoms with Crippen molar-refractivity contribution in [3.05, 3.63) is 48.7 Å². The number of nitrogens with zero attached hydrogens (tertiary/aromatic N) is 2. The first-order chi connectivity index (χ1) is 14.6. The number of hydrogen-bond donors (Lipinski definition) is 1. The SMILES string of the molecule is O=C(CN1C(=O)C2C3C=CC(C3)C2C1=O)NCCCOc1cccc2cccnc12. The van der Waals surface area contributed by atoms with Crippen LogP contribution in [0.15, 0.2) is 48.7 Å². The minimum Gasteiger partial charge on any atom is -0.491 e. The molecule has 2 aromatic rings. The van der Waals surface area contributed by atoms with Gasteiger partial charge in [-0.15, -0.1) is 0 Å². The lowest BCUT2D eigenvalue weighted by molar-refractivity contribution is -0.144. The summed E-state index contributed by atoms with van der Waals surface area (Å²) in [7, 11) is 0. The molecule has 0 spiro atoms. The van der Waals surface area contributed by atoms with E-state index < -0.39 is 0 Å². The monoisotopic (exact) mass is 405 g/mol. The van der Waals surface area contributed by atoms with E-state index in [1.165, 1.54) is 0 Å². The molecule has 4 atom stereocenters. The second kappa shape index (κ2) is 7.55. The Morgan fingerprint density at radius 3 is 2.60 bits per heavy atom. The number of pyridine rings is 1. The summed E-state index contributed by atoms with van der Waals surface area (Å²) in [5, 5.41) is 3.79. The second-order valence-corrected chi connectivity index (χ2v) is 8.15. The second-order valence-electron chi connectivity index (χ2n) is 8.15. The van der Waals surface area contributed by atoms with Gasteiger partial charge in [-0.2, -0.15) is 0 Å². The molecule has 30 heavy (non-hydrogen) atoms. The van der Waals surface area contributed by atoms with Crippen molar-refractivity contribution in [2.24, 2.45) is 23.7 Å². The number of aromatic nitrogens is 1. The number of rotatable bonds is 7. The third-order valence-corrected chi connectivity index (χ3v) is 6.36. The molecular formula is C23H23N3O4. The fourth-order valence-electron chi connectivity index (χ4n) is 4.99. The molecule has 5 rings (SSSR count). The fraction of sp³-hybridized carbons (Fsp3) is 0.391. The summed E-state index contributed by atoms with van der Waals surface area (Å²) >= 11 is 0. The maximum atomic E-state index is 12.6. The van der Waals surface area contributed by atoms with Gasteiger partial charge in [0.15, 0.2) is 0 Å². The Morgan fingerprint density at radius 2 is 1.83 bits per heavy atom. The van der Waals surface area contributed by atoms with Crippen LogP contribution in [-0.2, 0) is 14.4 Å². The number of fused-ring (bicyclic) bond motifs is 6. The van der Waals surface area contributed by atoms with Crippen LogP contribution in [0.3, 0.4) is 0 Å². The first-order valence-electron chi connectivity index (χ1n) is 10.4. The lowest BCUT2D eigenvalue weighted by Crippen LogP contribution is -2.42. The van der Waals surface area contributed by atoms with Gasteiger partial charge in [0.25, 0.3) is 0 Å². The standard InChI is InChI=1S/C23H23N3O4/c27-18(13-26-22(28)19-15-7-8-16(12-15)20(19)23(26)29)24-10-3-11-30-17-6-1-4-14-5-2-9-25-21(14)17/h1-2,4-9,15-16,19-20H,3,10-13H2,(H,24,27). The number of ether oxygens (including phenoxy) is 1. The molecule has 7 nitrogen and oxygen atoms in total. The number of allylic oxidation sites excluding steroid dienone is 2. The molecule has 0 radical (unpaired) electrons. The summed E-state index contributed by atoms with van der Waals surface area (Å²) in [4.78, 5) is 43.0. The van der Waals surface area contributed by atoms with Crippen molar-refractivity contribution in [1.82, 2.24) is 15.2 Å². The Balaban J connectivity index is 1.08. The van der Waals surface area contributed by atoms with E-state index in [0.717, 1.165) is 22.2 Å². The van der Waals surface area contributed by atoms with Crippen LogP contribution in [0.4, 0.5) is 0 Å². The topological polar surface area (TPSA) is 88.6 Å². The van der Waals surface area contributed by atoms with Crippen LogP contribution in [0.25, 0.3) is 10.9 Å². The molecule has 3 aliphatic rings. The van der Waals surface area contributed by atoms with E-state index in [1.807, 2.05) is 42.5 Å². The van der Waals surface area contributed by atoms with Crippen molar-refractivity contribution < 1.29 is 19.1 Å². The van der Waals surface area contributed by atoms with Gasteiger partial charge in [-0.25, -0.2) is 0 Å². The van der Waals surface area contributed by atoms with Crippen molar-refractivity contribution in [3.63, 3.8) is 0 Å². The van der Waals surface area contributed by atoms with Crippen LogP contribution in [0, 0.1) is 23.7 Å². The molecule has 1 N–H and O–H groups in total. The van der Waals surface area contributed by atoms with Gasteiger partial charge in [-0.3, -0.25) is 24.3 Å². The average molecular weight is 405 g/mol. The number of para-hydroxylation sites is 1. The largest absolute Gasteiger partial charge is 0.491 e. The van der Waals surface area contributed by atoms with Crippen molar-refractivity contribution in [1.29, 1.82) is 0 Å². The molecular weight excluding hydrogens is 382 g/mol. The Morgan fingerprint density at radius 1 is 1.10 bits per heavy atom. The number of amides is 3. The van der Waals surface area contributed by atoms with Crippen molar-refractivity contribution in [2.75, 3.05) is 19.7 Å². The van der Waals surface area contributed by atoms with Gasteiger partial charge in [0.05, 0.1) is 18.4 Å². The molecule has 1 saturated carbocycles. The number of imide groups is 1. The summed E-state index contributed by atoms with van der Waals surface area (Å²) in [6, 6.07) is 9.63. The van der Waals surface area contributed by atoms with Crippen LogP contribution >= 0.6 is 0 Å². The molecule has 4 unspecified atom stereocenters. The Hall–Kier alpha value is -3.22. The van der Waals surface area contributed by atoms with Crippen LogP contribution in [0.5, 0.6) is 5.75 Å². The molecule has 1 aromatic heterocycles. The molecule has 154 valence electrons. The van der Waals surface area contributed by atoms with E-state index in [9.17, 15) is 14.4 Å². The first-order valence-corrected chi connectivity index (χ1v) is 10.4. The van der Waals surface area contributed by atoms with Gasteiger partial charge in [0.1, 0.15) is 17.8 Å². The van der Waals surface area contributed by atoms with Crippen LogP contribution < -0.4 is 10.1 Å². The van der Waals surface area contributed by atoms with Crippen molar-refractivity contribution in [2.45, 2.75) is 12.8 Å². The van der Waals surface area contributed by atoms with Crippen molar-refractivity contribution >= 4 is 28.6 Å². The number of benzene rings is 1. The van der Waals surface area contributed by atoms with Crippen LogP contribution in [-0.4, -0.2) is 47.3 Å². The molecule has 2 fully saturated rings. The van der Waals surface area contributed by atoms with Crippen LogP contribution in [0.1, 0.15) is 12.8 Å². The third kappa shape index (κ3) is 3.14. The summed E-state index contributed by atoms with van der Waals surface area (Å²) in [6.07, 6.45) is 7.32. The lowest BCUT2D eigenvalue weighted by Gasteiger charge is -2.16. The van der Waals surface area contributed by atoms with Gasteiger partial charge in [0, 0.05) is 18.1 Å².